The van der Waals surface area contributed by atoms with Gasteiger partial charge < -0.3 is 14.5 Å². The summed E-state index contributed by atoms with van der Waals surface area (Å²) in [7, 11) is 0. The average molecular weight is 545 g/mol. The van der Waals surface area contributed by atoms with E-state index in [1.807, 2.05) is 12.1 Å². The number of amides is 2. The number of hydrazone groups is 1. The van der Waals surface area contributed by atoms with Crippen LogP contribution < -0.4 is 15.5 Å². The van der Waals surface area contributed by atoms with Gasteiger partial charge in [-0.3, -0.25) is 9.59 Å². The molecule has 0 radical (unpaired) electrons. The van der Waals surface area contributed by atoms with E-state index in [9.17, 15) is 14.0 Å². The summed E-state index contributed by atoms with van der Waals surface area (Å²) in [6.45, 7) is -0.283. The summed E-state index contributed by atoms with van der Waals surface area (Å²) in [6.07, 6.45) is 1.41. The molecule has 4 rings (SSSR count). The molecule has 7 nitrogen and oxygen atoms in total. The third kappa shape index (κ3) is 6.00. The molecule has 0 bridgehead atoms. The van der Waals surface area contributed by atoms with Crippen molar-refractivity contribution in [2.75, 3.05) is 11.9 Å². The molecular weight excluding hydrogens is 529 g/mol. The molecule has 10 heteroatoms. The van der Waals surface area contributed by atoms with Crippen LogP contribution in [-0.4, -0.2) is 24.6 Å². The van der Waals surface area contributed by atoms with Crippen LogP contribution in [0.25, 0.3) is 11.0 Å². The Balaban J connectivity index is 1.30. The van der Waals surface area contributed by atoms with Crippen LogP contribution in [0.5, 0.6) is 5.75 Å². The number of carbonyl (C=O) groups is 2. The summed E-state index contributed by atoms with van der Waals surface area (Å²) in [4.78, 5) is 24.3. The van der Waals surface area contributed by atoms with Gasteiger partial charge in [0, 0.05) is 15.5 Å². The Labute approximate surface area is 206 Å². The molecule has 0 aliphatic carbocycles. The zero-order chi connectivity index (χ0) is 24.1. The van der Waals surface area contributed by atoms with Gasteiger partial charge >= 0.3 is 5.91 Å². The van der Waals surface area contributed by atoms with E-state index in [0.29, 0.717) is 22.6 Å². The molecular formula is C24H16BrClFN3O4. The minimum absolute atomic E-state index is 0.131. The topological polar surface area (TPSA) is 92.9 Å². The van der Waals surface area contributed by atoms with Crippen molar-refractivity contribution in [3.63, 3.8) is 0 Å². The number of benzene rings is 3. The van der Waals surface area contributed by atoms with Crippen molar-refractivity contribution in [3.8, 4) is 5.75 Å². The first-order valence-corrected chi connectivity index (χ1v) is 11.0. The molecule has 3 aromatic carbocycles. The van der Waals surface area contributed by atoms with Gasteiger partial charge in [-0.1, -0.05) is 27.5 Å². The molecule has 34 heavy (non-hydrogen) atoms. The maximum atomic E-state index is 12.9. The first kappa shape index (κ1) is 23.5. The number of anilines is 1. The molecule has 0 atom stereocenters. The molecule has 0 spiro atoms. The lowest BCUT2D eigenvalue weighted by molar-refractivity contribution is -0.118. The standard InChI is InChI=1S/C24H16BrClFN3O4/c25-16-2-8-20-15(10-16)11-22(34-20)24(32)30-28-12-14-1-7-21(19(26)9-14)33-13-23(31)29-18-5-3-17(27)4-6-18/h1-12H,13H2,(H,29,31)(H,30,32)/b28-12+. The monoisotopic (exact) mass is 543 g/mol. The van der Waals surface area contributed by atoms with Gasteiger partial charge in [-0.05, 0) is 72.3 Å². The van der Waals surface area contributed by atoms with Crippen LogP contribution in [0.3, 0.4) is 0 Å². The van der Waals surface area contributed by atoms with E-state index in [2.05, 4.69) is 31.8 Å². The Morgan fingerprint density at radius 2 is 1.88 bits per heavy atom. The predicted octanol–water partition coefficient (Wildman–Crippen LogP) is 5.77. The fourth-order valence-electron chi connectivity index (χ4n) is 2.93. The number of carbonyl (C=O) groups excluding carboxylic acids is 2. The van der Waals surface area contributed by atoms with Gasteiger partial charge in [-0.15, -0.1) is 0 Å². The second kappa shape index (κ2) is 10.5. The van der Waals surface area contributed by atoms with Gasteiger partial charge in [-0.25, -0.2) is 9.82 Å². The Morgan fingerprint density at radius 1 is 1.09 bits per heavy atom. The number of hydrogen-bond donors (Lipinski definition) is 2. The molecule has 0 aliphatic rings. The zero-order valence-corrected chi connectivity index (χ0v) is 19.7. The smallest absolute Gasteiger partial charge is 0.307 e. The van der Waals surface area contributed by atoms with Gasteiger partial charge in [0.2, 0.25) is 0 Å². The number of furan rings is 1. The highest BCUT2D eigenvalue weighted by Crippen LogP contribution is 2.25. The van der Waals surface area contributed by atoms with Crippen molar-refractivity contribution in [3.05, 3.63) is 93.4 Å². The Morgan fingerprint density at radius 3 is 2.65 bits per heavy atom. The molecule has 0 fully saturated rings. The molecule has 4 aromatic rings. The van der Waals surface area contributed by atoms with Crippen molar-refractivity contribution >= 4 is 62.2 Å². The summed E-state index contributed by atoms with van der Waals surface area (Å²) >= 11 is 9.59. The fraction of sp³-hybridized carbons (Fsp3) is 0.0417. The molecule has 172 valence electrons. The van der Waals surface area contributed by atoms with Crippen LogP contribution in [-0.2, 0) is 4.79 Å². The number of fused-ring (bicyclic) bond motifs is 1. The minimum atomic E-state index is -0.498. The van der Waals surface area contributed by atoms with Crippen LogP contribution in [0, 0.1) is 5.82 Å². The van der Waals surface area contributed by atoms with E-state index in [1.54, 1.807) is 30.3 Å². The molecule has 2 amide bonds. The predicted molar refractivity (Wildman–Crippen MR) is 131 cm³/mol. The van der Waals surface area contributed by atoms with Crippen LogP contribution in [0.15, 0.2) is 80.7 Å². The van der Waals surface area contributed by atoms with Crippen LogP contribution >= 0.6 is 27.5 Å². The molecule has 1 aromatic heterocycles. The Hall–Kier alpha value is -3.69. The lowest BCUT2D eigenvalue weighted by Gasteiger charge is -2.09. The van der Waals surface area contributed by atoms with E-state index >= 15 is 0 Å². The van der Waals surface area contributed by atoms with E-state index in [4.69, 9.17) is 20.8 Å². The maximum Gasteiger partial charge on any atom is 0.307 e. The number of halogens is 3. The molecule has 0 unspecified atom stereocenters. The van der Waals surface area contributed by atoms with Crippen molar-refractivity contribution in [1.82, 2.24) is 5.43 Å². The highest BCUT2D eigenvalue weighted by Gasteiger charge is 2.12. The SMILES string of the molecule is O=C(COc1ccc(/C=N/NC(=O)c2cc3cc(Br)ccc3o2)cc1Cl)Nc1ccc(F)cc1. The van der Waals surface area contributed by atoms with Gasteiger partial charge in [0.15, 0.2) is 12.4 Å². The largest absolute Gasteiger partial charge is 0.482 e. The zero-order valence-electron chi connectivity index (χ0n) is 17.3. The Kier molecular flexibility index (Phi) is 7.24. The second-order valence-electron chi connectivity index (χ2n) is 7.03. The number of nitrogens with one attached hydrogen (secondary N) is 2. The lowest BCUT2D eigenvalue weighted by Crippen LogP contribution is -2.20. The van der Waals surface area contributed by atoms with E-state index in [0.717, 1.165) is 9.86 Å². The summed E-state index contributed by atoms with van der Waals surface area (Å²) < 4.78 is 24.8. The van der Waals surface area contributed by atoms with Crippen molar-refractivity contribution in [1.29, 1.82) is 0 Å². The van der Waals surface area contributed by atoms with E-state index < -0.39 is 17.6 Å². The van der Waals surface area contributed by atoms with E-state index in [1.165, 1.54) is 30.5 Å². The number of hydrogen-bond acceptors (Lipinski definition) is 5. The first-order chi connectivity index (χ1) is 16.4. The van der Waals surface area contributed by atoms with Gasteiger partial charge in [0.1, 0.15) is 17.1 Å². The molecule has 0 aliphatic heterocycles. The number of rotatable bonds is 7. The first-order valence-electron chi connectivity index (χ1n) is 9.88. The molecule has 0 saturated heterocycles. The summed E-state index contributed by atoms with van der Waals surface area (Å²) in [5.41, 5.74) is 4.04. The van der Waals surface area contributed by atoms with Crippen molar-refractivity contribution < 1.29 is 23.1 Å². The third-order valence-corrected chi connectivity index (χ3v) is 5.31. The normalized spacial score (nSPS) is 11.0. The van der Waals surface area contributed by atoms with Gasteiger partial charge in [0.05, 0.1) is 11.2 Å². The highest BCUT2D eigenvalue weighted by atomic mass is 79.9. The minimum Gasteiger partial charge on any atom is -0.482 e. The van der Waals surface area contributed by atoms with Crippen LogP contribution in [0.2, 0.25) is 5.02 Å². The fourth-order valence-corrected chi connectivity index (χ4v) is 3.56. The third-order valence-electron chi connectivity index (χ3n) is 4.52. The Bertz CT molecular complexity index is 1390. The van der Waals surface area contributed by atoms with Gasteiger partial charge in [-0.2, -0.15) is 5.10 Å². The van der Waals surface area contributed by atoms with Crippen molar-refractivity contribution in [2.24, 2.45) is 5.10 Å². The average Bonchev–Trinajstić information content (AvgIpc) is 3.23. The van der Waals surface area contributed by atoms with Crippen LogP contribution in [0.1, 0.15) is 16.1 Å². The van der Waals surface area contributed by atoms with E-state index in [-0.39, 0.29) is 17.4 Å². The molecule has 2 N–H and O–H groups in total. The second-order valence-corrected chi connectivity index (χ2v) is 8.35. The molecule has 1 heterocycles. The lowest BCUT2D eigenvalue weighted by atomic mass is 10.2. The summed E-state index contributed by atoms with van der Waals surface area (Å²) in [5, 5.41) is 7.55. The quantitative estimate of drug-likeness (QED) is 0.228. The highest BCUT2D eigenvalue weighted by molar-refractivity contribution is 9.10. The van der Waals surface area contributed by atoms with Crippen LogP contribution in [0.4, 0.5) is 10.1 Å². The number of ether oxygens (including phenoxy) is 1. The summed E-state index contributed by atoms with van der Waals surface area (Å²) in [6, 6.07) is 17.2. The molecule has 0 saturated carbocycles. The maximum absolute atomic E-state index is 12.9. The van der Waals surface area contributed by atoms with Gasteiger partial charge in [0.25, 0.3) is 5.91 Å². The number of nitrogens with zero attached hydrogens (tertiary/aromatic N) is 1. The van der Waals surface area contributed by atoms with Crippen molar-refractivity contribution in [2.45, 2.75) is 0 Å². The summed E-state index contributed by atoms with van der Waals surface area (Å²) in [5.74, 6) is -0.889.